The molecule has 2 aliphatic carbocycles. The predicted molar refractivity (Wildman–Crippen MR) is 229 cm³/mol. The van der Waals surface area contributed by atoms with Crippen LogP contribution in [0.4, 0.5) is 0 Å². The molecule has 0 aromatic carbocycles. The van der Waals surface area contributed by atoms with Crippen molar-refractivity contribution in [3.05, 3.63) is 48.6 Å². The fraction of sp³-hybridized carbons (Fsp3) is 0.826. The Balaban J connectivity index is 1.57. The van der Waals surface area contributed by atoms with E-state index in [1.165, 1.54) is 89.9 Å². The number of phosphoric ester groups is 1. The zero-order valence-electron chi connectivity index (χ0n) is 36.1. The minimum absolute atomic E-state index is 0.00866. The molecule has 0 bridgehead atoms. The number of allylic oxidation sites excluding steroid dienone is 4. The normalized spacial score (nSPS) is 22.8. The summed E-state index contributed by atoms with van der Waals surface area (Å²) in [5, 5.41) is 0. The first-order valence-electron chi connectivity index (χ1n) is 22.4. The van der Waals surface area contributed by atoms with Crippen molar-refractivity contribution in [2.45, 2.75) is 218 Å². The summed E-state index contributed by atoms with van der Waals surface area (Å²) < 4.78 is 48.6. The quantitative estimate of drug-likeness (QED) is 0.0495. The Morgan fingerprint density at radius 2 is 0.891 bits per heavy atom. The van der Waals surface area contributed by atoms with E-state index in [4.69, 9.17) is 28.0 Å². The monoisotopic (exact) mass is 795 g/mol. The molecule has 2 aliphatic rings. The largest absolute Gasteiger partial charge is 0.472 e. The molecule has 320 valence electrons. The molecule has 6 unspecified atom stereocenters. The lowest BCUT2D eigenvalue weighted by molar-refractivity contribution is -0.0402. The Morgan fingerprint density at radius 1 is 0.527 bits per heavy atom. The standard InChI is InChI=1S/C46H83O8P/c1-7-9-11-13-15-17-21-31-45(33-23-19-24-34-45)51-39-29-41(3)49-37-27-43(5)53-55(47,48)54-44(6)28-38-50-42(4)30-40-52-46(35-25-20-26-36-46)32-22-18-16-14-12-10-8-2/h19-20,23-26,33,35,41-44H,7-18,21-22,27-32,34,36-40H2,1-6H3,(H,47,48). The molecule has 0 aliphatic heterocycles. The van der Waals surface area contributed by atoms with Gasteiger partial charge in [0, 0.05) is 13.2 Å². The molecule has 0 radical (unpaired) electrons. The van der Waals surface area contributed by atoms with Gasteiger partial charge in [0.1, 0.15) is 0 Å². The van der Waals surface area contributed by atoms with Crippen LogP contribution >= 0.6 is 7.82 Å². The second-order valence-electron chi connectivity index (χ2n) is 16.4. The molecule has 0 aromatic heterocycles. The summed E-state index contributed by atoms with van der Waals surface area (Å²) >= 11 is 0. The predicted octanol–water partition coefficient (Wildman–Crippen LogP) is 13.1. The van der Waals surface area contributed by atoms with E-state index in [0.29, 0.717) is 39.3 Å². The highest BCUT2D eigenvalue weighted by atomic mass is 31.2. The second kappa shape index (κ2) is 30.0. The summed E-state index contributed by atoms with van der Waals surface area (Å²) in [5.41, 5.74) is -0.418. The van der Waals surface area contributed by atoms with Crippen LogP contribution in [-0.4, -0.2) is 66.9 Å². The average Bonchev–Trinajstić information content (AvgIpc) is 3.14. The van der Waals surface area contributed by atoms with Gasteiger partial charge in [0.15, 0.2) is 0 Å². The Morgan fingerprint density at radius 3 is 1.25 bits per heavy atom. The lowest BCUT2D eigenvalue weighted by Crippen LogP contribution is -2.32. The van der Waals surface area contributed by atoms with Gasteiger partial charge >= 0.3 is 7.82 Å². The summed E-state index contributed by atoms with van der Waals surface area (Å²) in [6.07, 6.45) is 40.9. The van der Waals surface area contributed by atoms with Gasteiger partial charge < -0.3 is 23.8 Å². The van der Waals surface area contributed by atoms with Crippen LogP contribution in [0.5, 0.6) is 0 Å². The molecule has 2 rings (SSSR count). The smallest absolute Gasteiger partial charge is 0.378 e. The van der Waals surface area contributed by atoms with Crippen molar-refractivity contribution in [3.63, 3.8) is 0 Å². The summed E-state index contributed by atoms with van der Waals surface area (Å²) in [5.74, 6) is 0. The Labute approximate surface area is 337 Å². The van der Waals surface area contributed by atoms with Crippen molar-refractivity contribution in [1.29, 1.82) is 0 Å². The van der Waals surface area contributed by atoms with Gasteiger partial charge in [-0.15, -0.1) is 0 Å². The van der Waals surface area contributed by atoms with E-state index in [1.807, 2.05) is 13.8 Å². The van der Waals surface area contributed by atoms with E-state index < -0.39 is 20.0 Å². The third-order valence-electron chi connectivity index (χ3n) is 10.9. The Kier molecular flexibility index (Phi) is 27.3. The molecule has 0 fully saturated rings. The van der Waals surface area contributed by atoms with Gasteiger partial charge in [-0.3, -0.25) is 9.05 Å². The second-order valence-corrected chi connectivity index (χ2v) is 17.7. The molecule has 0 aromatic rings. The number of hydrogen-bond donors (Lipinski definition) is 1. The number of unbranched alkanes of at least 4 members (excludes halogenated alkanes) is 12. The van der Waals surface area contributed by atoms with Gasteiger partial charge in [0.2, 0.25) is 0 Å². The van der Waals surface area contributed by atoms with E-state index in [9.17, 15) is 9.46 Å². The molecule has 0 spiro atoms. The maximum Gasteiger partial charge on any atom is 0.472 e. The van der Waals surface area contributed by atoms with Crippen LogP contribution in [0.1, 0.15) is 183 Å². The third-order valence-corrected chi connectivity index (χ3v) is 12.2. The van der Waals surface area contributed by atoms with Crippen LogP contribution in [0.2, 0.25) is 0 Å². The lowest BCUT2D eigenvalue weighted by Gasteiger charge is -2.32. The number of rotatable bonds is 36. The van der Waals surface area contributed by atoms with Crippen LogP contribution in [0.3, 0.4) is 0 Å². The van der Waals surface area contributed by atoms with Crippen LogP contribution in [0.15, 0.2) is 48.6 Å². The third kappa shape index (κ3) is 24.4. The van der Waals surface area contributed by atoms with Crippen molar-refractivity contribution in [2.75, 3.05) is 26.4 Å². The van der Waals surface area contributed by atoms with Crippen molar-refractivity contribution in [3.8, 4) is 0 Å². The van der Waals surface area contributed by atoms with Gasteiger partial charge in [-0.05, 0) is 79.1 Å². The van der Waals surface area contributed by atoms with E-state index in [0.717, 1.165) is 38.5 Å². The Hall–Kier alpha value is -1.09. The van der Waals surface area contributed by atoms with Crippen molar-refractivity contribution in [1.82, 2.24) is 0 Å². The molecular weight excluding hydrogens is 711 g/mol. The summed E-state index contributed by atoms with van der Waals surface area (Å²) in [6, 6.07) is 0. The van der Waals surface area contributed by atoms with E-state index in [-0.39, 0.29) is 23.4 Å². The van der Waals surface area contributed by atoms with Crippen LogP contribution in [-0.2, 0) is 32.6 Å². The Bertz CT molecular complexity index is 1040. The molecule has 1 N–H and O–H groups in total. The fourth-order valence-corrected chi connectivity index (χ4v) is 8.43. The molecule has 0 amide bonds. The number of phosphoric acid groups is 1. The zero-order valence-corrected chi connectivity index (χ0v) is 37.0. The van der Waals surface area contributed by atoms with E-state index in [1.54, 1.807) is 13.8 Å². The highest BCUT2D eigenvalue weighted by molar-refractivity contribution is 7.47. The highest BCUT2D eigenvalue weighted by Crippen LogP contribution is 2.46. The minimum Gasteiger partial charge on any atom is -0.378 e. The zero-order chi connectivity index (χ0) is 40.1. The first kappa shape index (κ1) is 50.1. The van der Waals surface area contributed by atoms with Crippen molar-refractivity contribution < 1.29 is 37.5 Å². The number of ether oxygens (including phenoxy) is 4. The average molecular weight is 795 g/mol. The van der Waals surface area contributed by atoms with Gasteiger partial charge in [-0.2, -0.15) is 0 Å². The fourth-order valence-electron chi connectivity index (χ4n) is 7.26. The van der Waals surface area contributed by atoms with Crippen molar-refractivity contribution in [2.24, 2.45) is 0 Å². The molecular formula is C46H83O8P. The molecule has 0 saturated heterocycles. The molecule has 0 heterocycles. The lowest BCUT2D eigenvalue weighted by atomic mass is 9.89. The van der Waals surface area contributed by atoms with Gasteiger partial charge in [0.25, 0.3) is 0 Å². The van der Waals surface area contributed by atoms with Crippen molar-refractivity contribution >= 4 is 7.82 Å². The van der Waals surface area contributed by atoms with Crippen LogP contribution in [0, 0.1) is 0 Å². The first-order chi connectivity index (χ1) is 26.5. The summed E-state index contributed by atoms with van der Waals surface area (Å²) in [7, 11) is -4.23. The van der Waals surface area contributed by atoms with Gasteiger partial charge in [-0.25, -0.2) is 4.57 Å². The van der Waals surface area contributed by atoms with Crippen LogP contribution < -0.4 is 0 Å². The number of hydrogen-bond acceptors (Lipinski definition) is 7. The maximum atomic E-state index is 12.8. The topological polar surface area (TPSA) is 92.7 Å². The molecule has 9 heteroatoms. The first-order valence-corrected chi connectivity index (χ1v) is 23.9. The van der Waals surface area contributed by atoms with E-state index >= 15 is 0 Å². The summed E-state index contributed by atoms with van der Waals surface area (Å²) in [6.45, 7) is 14.3. The van der Waals surface area contributed by atoms with Gasteiger partial charge in [-0.1, -0.05) is 152 Å². The minimum atomic E-state index is -4.23. The van der Waals surface area contributed by atoms with Gasteiger partial charge in [0.05, 0.1) is 48.8 Å². The molecule has 8 nitrogen and oxygen atoms in total. The molecule has 55 heavy (non-hydrogen) atoms. The molecule has 6 atom stereocenters. The maximum absolute atomic E-state index is 12.8. The molecule has 0 saturated carbocycles. The SMILES string of the molecule is CCCCCCCCCC1(OCCC(C)OCCC(C)OP(=O)(O)OC(C)CCOC(C)CCOC2(CCCCCCCCC)C=CC=CC2)C=CC=CC1. The summed E-state index contributed by atoms with van der Waals surface area (Å²) in [4.78, 5) is 10.4. The van der Waals surface area contributed by atoms with Crippen LogP contribution in [0.25, 0.3) is 0 Å². The highest BCUT2D eigenvalue weighted by Gasteiger charge is 2.30. The van der Waals surface area contributed by atoms with E-state index in [2.05, 4.69) is 62.5 Å².